The lowest BCUT2D eigenvalue weighted by atomic mass is 10.2. The second kappa shape index (κ2) is 6.84. The molecule has 1 aliphatic heterocycles. The van der Waals surface area contributed by atoms with Crippen LogP contribution in [0.5, 0.6) is 0 Å². The van der Waals surface area contributed by atoms with Gasteiger partial charge in [-0.15, -0.1) is 0 Å². The summed E-state index contributed by atoms with van der Waals surface area (Å²) >= 11 is 0. The van der Waals surface area contributed by atoms with E-state index in [1.54, 1.807) is 6.92 Å². The Morgan fingerprint density at radius 2 is 2.11 bits per heavy atom. The normalized spacial score (nSPS) is 19.2. The number of aliphatic hydroxyl groups is 2. The minimum atomic E-state index is -0.516. The van der Waals surface area contributed by atoms with Gasteiger partial charge in [-0.1, -0.05) is 0 Å². The summed E-state index contributed by atoms with van der Waals surface area (Å²) in [6.07, 6.45) is 2.42. The number of pyridine rings is 1. The summed E-state index contributed by atoms with van der Waals surface area (Å²) in [6.45, 7) is 6.68. The fraction of sp³-hybridized carbons (Fsp3) is 0.643. The smallest absolute Gasteiger partial charge is 0.0931 e. The molecule has 2 N–H and O–H groups in total. The predicted octanol–water partition coefficient (Wildman–Crippen LogP) is 0.639. The first-order valence-electron chi connectivity index (χ1n) is 6.93. The van der Waals surface area contributed by atoms with E-state index in [0.717, 1.165) is 44.8 Å². The molecular weight excluding hydrogens is 242 g/mol. The van der Waals surface area contributed by atoms with Crippen molar-refractivity contribution in [1.82, 2.24) is 9.88 Å². The highest BCUT2D eigenvalue weighted by Gasteiger charge is 2.15. The predicted molar refractivity (Wildman–Crippen MR) is 75.2 cm³/mol. The van der Waals surface area contributed by atoms with Crippen LogP contribution in [0.4, 0.5) is 5.69 Å². The van der Waals surface area contributed by atoms with Crippen LogP contribution in [0.3, 0.4) is 0 Å². The van der Waals surface area contributed by atoms with Gasteiger partial charge in [0.25, 0.3) is 0 Å². The van der Waals surface area contributed by atoms with Crippen LogP contribution >= 0.6 is 0 Å². The molecule has 0 unspecified atom stereocenters. The summed E-state index contributed by atoms with van der Waals surface area (Å²) in [6, 6.07) is 3.91. The van der Waals surface area contributed by atoms with Crippen LogP contribution in [0.2, 0.25) is 0 Å². The maximum Gasteiger partial charge on any atom is 0.0931 e. The molecule has 0 aromatic carbocycles. The minimum Gasteiger partial charge on any atom is -0.395 e. The van der Waals surface area contributed by atoms with Crippen LogP contribution in [-0.2, 0) is 0 Å². The summed E-state index contributed by atoms with van der Waals surface area (Å²) in [5.74, 6) is 0. The summed E-state index contributed by atoms with van der Waals surface area (Å²) in [5.41, 5.74) is 1.82. The van der Waals surface area contributed by atoms with Crippen LogP contribution in [0.25, 0.3) is 0 Å². The molecule has 5 nitrogen and oxygen atoms in total. The number of nitrogens with zero attached hydrogens (tertiary/aromatic N) is 3. The highest BCUT2D eigenvalue weighted by atomic mass is 16.3. The number of hydrogen-bond acceptors (Lipinski definition) is 5. The molecule has 2 rings (SSSR count). The van der Waals surface area contributed by atoms with Crippen molar-refractivity contribution in [1.29, 1.82) is 0 Å². The maximum atomic E-state index is 9.46. The van der Waals surface area contributed by atoms with Crippen molar-refractivity contribution in [3.63, 3.8) is 0 Å². The van der Waals surface area contributed by atoms with Crippen molar-refractivity contribution >= 4 is 5.69 Å². The maximum absolute atomic E-state index is 9.46. The van der Waals surface area contributed by atoms with Crippen LogP contribution in [0, 0.1) is 0 Å². The number of hydrogen-bond donors (Lipinski definition) is 2. The number of anilines is 1. The molecule has 0 spiro atoms. The van der Waals surface area contributed by atoms with Crippen molar-refractivity contribution in [2.45, 2.75) is 19.4 Å². The Labute approximate surface area is 114 Å². The first-order chi connectivity index (χ1) is 9.20. The molecule has 1 atom stereocenters. The van der Waals surface area contributed by atoms with Gasteiger partial charge in [0, 0.05) is 26.2 Å². The third-order valence-corrected chi connectivity index (χ3v) is 3.57. The Balaban J connectivity index is 1.97. The van der Waals surface area contributed by atoms with E-state index in [-0.39, 0.29) is 6.61 Å². The summed E-state index contributed by atoms with van der Waals surface area (Å²) in [4.78, 5) is 8.90. The Kier molecular flexibility index (Phi) is 5.13. The van der Waals surface area contributed by atoms with Crippen molar-refractivity contribution in [3.8, 4) is 0 Å². The largest absolute Gasteiger partial charge is 0.395 e. The lowest BCUT2D eigenvalue weighted by Crippen LogP contribution is -2.32. The zero-order chi connectivity index (χ0) is 13.7. The molecule has 0 saturated carbocycles. The number of rotatable bonds is 4. The first kappa shape index (κ1) is 14.2. The topological polar surface area (TPSA) is 59.8 Å². The van der Waals surface area contributed by atoms with Crippen LogP contribution in [0.15, 0.2) is 18.3 Å². The molecule has 0 aliphatic carbocycles. The van der Waals surface area contributed by atoms with Gasteiger partial charge in [-0.25, -0.2) is 0 Å². The SMILES string of the molecule is C[C@@H](O)c1ccc(N2CCCN(CCO)CC2)cn1. The zero-order valence-electron chi connectivity index (χ0n) is 11.5. The fourth-order valence-electron chi connectivity index (χ4n) is 2.43. The summed E-state index contributed by atoms with van der Waals surface area (Å²) in [7, 11) is 0. The molecule has 0 radical (unpaired) electrons. The molecule has 19 heavy (non-hydrogen) atoms. The number of β-amino-alcohol motifs (C(OH)–C–C–N with tert-alkyl or cyclic N) is 1. The lowest BCUT2D eigenvalue weighted by molar-refractivity contribution is 0.194. The standard InChI is InChI=1S/C14H23N3O2/c1-12(19)14-4-3-13(11-15-14)17-6-2-5-16(7-8-17)9-10-18/h3-4,11-12,18-19H,2,5-10H2,1H3/t12-/m1/s1. The van der Waals surface area contributed by atoms with E-state index in [2.05, 4.69) is 14.8 Å². The van der Waals surface area contributed by atoms with Crippen molar-refractivity contribution in [2.24, 2.45) is 0 Å². The van der Waals surface area contributed by atoms with Gasteiger partial charge in [0.15, 0.2) is 0 Å². The number of aromatic nitrogens is 1. The van der Waals surface area contributed by atoms with E-state index in [9.17, 15) is 5.11 Å². The van der Waals surface area contributed by atoms with Crippen molar-refractivity contribution < 1.29 is 10.2 Å². The van der Waals surface area contributed by atoms with Gasteiger partial charge < -0.3 is 15.1 Å². The molecule has 0 amide bonds. The van der Waals surface area contributed by atoms with Gasteiger partial charge in [0.05, 0.1) is 30.3 Å². The summed E-state index contributed by atoms with van der Waals surface area (Å²) < 4.78 is 0. The van der Waals surface area contributed by atoms with Gasteiger partial charge in [-0.05, 0) is 32.0 Å². The zero-order valence-corrected chi connectivity index (χ0v) is 11.5. The minimum absolute atomic E-state index is 0.227. The molecule has 0 bridgehead atoms. The number of aliphatic hydroxyl groups excluding tert-OH is 2. The molecule has 1 saturated heterocycles. The Bertz CT molecular complexity index is 381. The average Bonchev–Trinajstić information content (AvgIpc) is 2.65. The molecular formula is C14H23N3O2. The Morgan fingerprint density at radius 3 is 2.74 bits per heavy atom. The second-order valence-corrected chi connectivity index (χ2v) is 5.02. The Morgan fingerprint density at radius 1 is 1.26 bits per heavy atom. The monoisotopic (exact) mass is 265 g/mol. The molecule has 1 fully saturated rings. The van der Waals surface area contributed by atoms with Crippen molar-refractivity contribution in [3.05, 3.63) is 24.0 Å². The van der Waals surface area contributed by atoms with E-state index in [1.807, 2.05) is 18.3 Å². The van der Waals surface area contributed by atoms with E-state index in [0.29, 0.717) is 5.69 Å². The molecule has 1 aromatic heterocycles. The quantitative estimate of drug-likeness (QED) is 0.836. The molecule has 106 valence electrons. The van der Waals surface area contributed by atoms with Gasteiger partial charge in [0.1, 0.15) is 0 Å². The highest BCUT2D eigenvalue weighted by Crippen LogP contribution is 2.18. The second-order valence-electron chi connectivity index (χ2n) is 5.02. The van der Waals surface area contributed by atoms with Crippen LogP contribution in [-0.4, -0.2) is 59.4 Å². The first-order valence-corrected chi connectivity index (χ1v) is 6.93. The fourth-order valence-corrected chi connectivity index (χ4v) is 2.43. The third-order valence-electron chi connectivity index (χ3n) is 3.57. The Hall–Kier alpha value is -1.17. The van der Waals surface area contributed by atoms with E-state index in [4.69, 9.17) is 5.11 Å². The average molecular weight is 265 g/mol. The van der Waals surface area contributed by atoms with E-state index in [1.165, 1.54) is 0 Å². The van der Waals surface area contributed by atoms with Crippen LogP contribution in [0.1, 0.15) is 25.1 Å². The molecule has 2 heterocycles. The van der Waals surface area contributed by atoms with Gasteiger partial charge in [-0.2, -0.15) is 0 Å². The van der Waals surface area contributed by atoms with Crippen LogP contribution < -0.4 is 4.90 Å². The van der Waals surface area contributed by atoms with Gasteiger partial charge in [-0.3, -0.25) is 9.88 Å². The molecule has 1 aliphatic rings. The summed E-state index contributed by atoms with van der Waals surface area (Å²) in [5, 5.41) is 18.4. The lowest BCUT2D eigenvalue weighted by Gasteiger charge is -2.23. The van der Waals surface area contributed by atoms with E-state index >= 15 is 0 Å². The van der Waals surface area contributed by atoms with E-state index < -0.39 is 6.10 Å². The highest BCUT2D eigenvalue weighted by molar-refractivity contribution is 5.44. The van der Waals surface area contributed by atoms with Crippen molar-refractivity contribution in [2.75, 3.05) is 44.2 Å². The molecule has 1 aromatic rings. The third kappa shape index (κ3) is 3.89. The molecule has 5 heteroatoms. The van der Waals surface area contributed by atoms with Gasteiger partial charge >= 0.3 is 0 Å². The van der Waals surface area contributed by atoms with Gasteiger partial charge in [0.2, 0.25) is 0 Å².